The van der Waals surface area contributed by atoms with Gasteiger partial charge < -0.3 is 20.5 Å². The van der Waals surface area contributed by atoms with E-state index in [1.165, 1.54) is 0 Å². The molecule has 9 heteroatoms. The Morgan fingerprint density at radius 3 is 2.69 bits per heavy atom. The van der Waals surface area contributed by atoms with Gasteiger partial charge >= 0.3 is 0 Å². The lowest BCUT2D eigenvalue weighted by Crippen LogP contribution is -2.46. The first kappa shape index (κ1) is 24.9. The van der Waals surface area contributed by atoms with Crippen LogP contribution in [0, 0.1) is 19.8 Å². The highest BCUT2D eigenvalue weighted by atomic mass is 35.5. The number of aromatic nitrogens is 2. The number of rotatable bonds is 5. The molecule has 3 heterocycles. The first-order valence-corrected chi connectivity index (χ1v) is 9.40. The Morgan fingerprint density at radius 2 is 2.03 bits per heavy atom. The molecule has 0 spiro atoms. The third-order valence-corrected chi connectivity index (χ3v) is 5.06. The van der Waals surface area contributed by atoms with Crippen LogP contribution in [0.25, 0.3) is 5.82 Å². The Bertz CT molecular complexity index is 826. The van der Waals surface area contributed by atoms with Gasteiger partial charge in [0.25, 0.3) is 5.91 Å². The summed E-state index contributed by atoms with van der Waals surface area (Å²) in [6.07, 6.45) is 3.36. The van der Waals surface area contributed by atoms with Crippen LogP contribution in [-0.4, -0.2) is 52.4 Å². The molecule has 2 aromatic rings. The number of hydrogen-bond donors (Lipinski definition) is 2. The molecular weight excluding hydrogens is 413 g/mol. The second kappa shape index (κ2) is 11.2. The molecule has 1 unspecified atom stereocenters. The van der Waals surface area contributed by atoms with Gasteiger partial charge in [-0.2, -0.15) is 0 Å². The molecule has 160 valence electrons. The van der Waals surface area contributed by atoms with E-state index in [9.17, 15) is 9.59 Å². The number of halogens is 2. The van der Waals surface area contributed by atoms with E-state index < -0.39 is 0 Å². The lowest BCUT2D eigenvalue weighted by molar-refractivity contribution is -0.126. The average molecular weight is 442 g/mol. The topological polar surface area (TPSA) is 93.3 Å². The molecule has 2 amide bonds. The van der Waals surface area contributed by atoms with E-state index in [1.54, 1.807) is 11.1 Å². The molecule has 1 atom stereocenters. The molecule has 0 saturated carbocycles. The van der Waals surface area contributed by atoms with Gasteiger partial charge in [0.2, 0.25) is 5.91 Å². The van der Waals surface area contributed by atoms with Crippen LogP contribution in [-0.2, 0) is 4.79 Å². The van der Waals surface area contributed by atoms with Gasteiger partial charge in [-0.05, 0) is 44.9 Å². The lowest BCUT2D eigenvalue weighted by Gasteiger charge is -2.32. The SMILES string of the molecule is Cc1cc(C(=O)N2CCCC(C(=O)NCCN)C2)c(C)n1-c1ccccn1.Cl.Cl. The van der Waals surface area contributed by atoms with Crippen molar-refractivity contribution in [2.75, 3.05) is 26.2 Å². The number of carbonyl (C=O) groups excluding carboxylic acids is 2. The van der Waals surface area contributed by atoms with E-state index in [0.717, 1.165) is 30.0 Å². The zero-order valence-corrected chi connectivity index (χ0v) is 18.4. The van der Waals surface area contributed by atoms with Gasteiger partial charge in [0, 0.05) is 43.8 Å². The molecule has 29 heavy (non-hydrogen) atoms. The predicted octanol–water partition coefficient (Wildman–Crippen LogP) is 2.26. The number of carbonyl (C=O) groups is 2. The standard InChI is InChI=1S/C20H27N5O2.2ClH/c1-14-12-17(15(2)25(14)18-7-3-4-9-22-18)20(27)24-11-5-6-16(13-24)19(26)23-10-8-21;;/h3-4,7,9,12,16H,5-6,8,10-11,13,21H2,1-2H3,(H,23,26);2*1H. The second-order valence-electron chi connectivity index (χ2n) is 6.98. The van der Waals surface area contributed by atoms with E-state index in [-0.39, 0.29) is 42.5 Å². The van der Waals surface area contributed by atoms with Gasteiger partial charge in [-0.1, -0.05) is 6.07 Å². The van der Waals surface area contributed by atoms with E-state index in [0.29, 0.717) is 31.7 Å². The number of nitrogens with zero attached hydrogens (tertiary/aromatic N) is 3. The molecule has 3 N–H and O–H groups in total. The number of piperidine rings is 1. The molecule has 1 saturated heterocycles. The monoisotopic (exact) mass is 441 g/mol. The zero-order chi connectivity index (χ0) is 19.4. The molecule has 0 radical (unpaired) electrons. The van der Waals surface area contributed by atoms with Gasteiger partial charge in [0.15, 0.2) is 0 Å². The van der Waals surface area contributed by atoms with Crippen molar-refractivity contribution in [2.45, 2.75) is 26.7 Å². The summed E-state index contributed by atoms with van der Waals surface area (Å²) in [7, 11) is 0. The quantitative estimate of drug-likeness (QED) is 0.743. The van der Waals surface area contributed by atoms with Crippen molar-refractivity contribution < 1.29 is 9.59 Å². The van der Waals surface area contributed by atoms with Gasteiger partial charge in [-0.15, -0.1) is 24.8 Å². The highest BCUT2D eigenvalue weighted by Crippen LogP contribution is 2.24. The third-order valence-electron chi connectivity index (χ3n) is 5.06. The summed E-state index contributed by atoms with van der Waals surface area (Å²) in [6.45, 7) is 5.91. The Kier molecular flexibility index (Phi) is 9.62. The van der Waals surface area contributed by atoms with Crippen LogP contribution in [0.15, 0.2) is 30.5 Å². The van der Waals surface area contributed by atoms with Gasteiger partial charge in [0.1, 0.15) is 5.82 Å². The van der Waals surface area contributed by atoms with Crippen LogP contribution in [0.4, 0.5) is 0 Å². The maximum Gasteiger partial charge on any atom is 0.255 e. The van der Waals surface area contributed by atoms with Gasteiger partial charge in [-0.25, -0.2) is 4.98 Å². The van der Waals surface area contributed by atoms with Crippen LogP contribution in [0.2, 0.25) is 0 Å². The molecule has 1 aliphatic rings. The van der Waals surface area contributed by atoms with Crippen molar-refractivity contribution in [3.63, 3.8) is 0 Å². The second-order valence-corrected chi connectivity index (χ2v) is 6.98. The Labute approximate surface area is 183 Å². The fraction of sp³-hybridized carbons (Fsp3) is 0.450. The summed E-state index contributed by atoms with van der Waals surface area (Å²) >= 11 is 0. The fourth-order valence-corrected chi connectivity index (χ4v) is 3.70. The van der Waals surface area contributed by atoms with Crippen LogP contribution in [0.5, 0.6) is 0 Å². The summed E-state index contributed by atoms with van der Waals surface area (Å²) in [4.78, 5) is 31.6. The smallest absolute Gasteiger partial charge is 0.255 e. The van der Waals surface area contributed by atoms with E-state index >= 15 is 0 Å². The van der Waals surface area contributed by atoms with E-state index in [1.807, 2.05) is 42.7 Å². The third kappa shape index (κ3) is 5.50. The van der Waals surface area contributed by atoms with Crippen molar-refractivity contribution >= 4 is 36.6 Å². The molecule has 1 aliphatic heterocycles. The largest absolute Gasteiger partial charge is 0.355 e. The van der Waals surface area contributed by atoms with Gasteiger partial charge in [-0.3, -0.25) is 9.59 Å². The Hall–Kier alpha value is -2.09. The maximum absolute atomic E-state index is 13.1. The first-order valence-electron chi connectivity index (χ1n) is 9.40. The molecule has 0 bridgehead atoms. The first-order chi connectivity index (χ1) is 13.0. The maximum atomic E-state index is 13.1. The number of amides is 2. The minimum absolute atomic E-state index is 0. The molecule has 1 fully saturated rings. The highest BCUT2D eigenvalue weighted by molar-refractivity contribution is 5.96. The average Bonchev–Trinajstić information content (AvgIpc) is 3.00. The number of likely N-dealkylation sites (tertiary alicyclic amines) is 1. The molecule has 2 aromatic heterocycles. The van der Waals surface area contributed by atoms with Gasteiger partial charge in [0.05, 0.1) is 11.5 Å². The summed E-state index contributed by atoms with van der Waals surface area (Å²) in [5.41, 5.74) is 7.95. The molecule has 7 nitrogen and oxygen atoms in total. The van der Waals surface area contributed by atoms with Crippen molar-refractivity contribution in [1.82, 2.24) is 19.8 Å². The van der Waals surface area contributed by atoms with Crippen molar-refractivity contribution in [3.8, 4) is 5.82 Å². The number of nitrogens with one attached hydrogen (secondary N) is 1. The fourth-order valence-electron chi connectivity index (χ4n) is 3.70. The Morgan fingerprint density at radius 1 is 1.28 bits per heavy atom. The summed E-state index contributed by atoms with van der Waals surface area (Å²) < 4.78 is 1.99. The van der Waals surface area contributed by atoms with Crippen LogP contribution in [0.3, 0.4) is 0 Å². The van der Waals surface area contributed by atoms with E-state index in [2.05, 4.69) is 10.3 Å². The predicted molar refractivity (Wildman–Crippen MR) is 118 cm³/mol. The van der Waals surface area contributed by atoms with Crippen LogP contribution in [0.1, 0.15) is 34.6 Å². The molecular formula is C20H29Cl2N5O2. The molecule has 0 aliphatic carbocycles. The minimum atomic E-state index is -0.173. The lowest BCUT2D eigenvalue weighted by atomic mass is 9.96. The van der Waals surface area contributed by atoms with E-state index in [4.69, 9.17) is 5.73 Å². The highest BCUT2D eigenvalue weighted by Gasteiger charge is 2.30. The van der Waals surface area contributed by atoms with Crippen molar-refractivity contribution in [2.24, 2.45) is 11.7 Å². The molecule has 0 aromatic carbocycles. The Balaban J connectivity index is 0.00000210. The number of hydrogen-bond acceptors (Lipinski definition) is 4. The van der Waals surface area contributed by atoms with Crippen LogP contribution >= 0.6 is 24.8 Å². The zero-order valence-electron chi connectivity index (χ0n) is 16.8. The minimum Gasteiger partial charge on any atom is -0.355 e. The number of pyridine rings is 1. The number of nitrogens with two attached hydrogens (primary N) is 1. The normalized spacial score (nSPS) is 15.8. The summed E-state index contributed by atoms with van der Waals surface area (Å²) in [6, 6.07) is 7.63. The van der Waals surface area contributed by atoms with Crippen LogP contribution < -0.4 is 11.1 Å². The molecule has 3 rings (SSSR count). The van der Waals surface area contributed by atoms with Crippen molar-refractivity contribution in [1.29, 1.82) is 0 Å². The summed E-state index contributed by atoms with van der Waals surface area (Å²) in [5, 5.41) is 2.83. The summed E-state index contributed by atoms with van der Waals surface area (Å²) in [5.74, 6) is 0.580. The number of aryl methyl sites for hydroxylation is 1. The van der Waals surface area contributed by atoms with Crippen molar-refractivity contribution in [3.05, 3.63) is 47.4 Å².